The molecule has 0 heterocycles. The Morgan fingerprint density at radius 2 is 1.58 bits per heavy atom. The first-order valence-corrected chi connectivity index (χ1v) is 16.1. The van der Waals surface area contributed by atoms with Crippen LogP contribution in [0.25, 0.3) is 0 Å². The maximum atomic E-state index is 15.0. The Morgan fingerprint density at radius 3 is 2.21 bits per heavy atom. The molecule has 8 nitrogen and oxygen atoms in total. The molecule has 1 fully saturated rings. The highest BCUT2D eigenvalue weighted by Crippen LogP contribution is 2.27. The molecule has 0 unspecified atom stereocenters. The van der Waals surface area contributed by atoms with E-state index in [4.69, 9.17) is 23.2 Å². The van der Waals surface area contributed by atoms with Crippen LogP contribution < -0.4 is 9.62 Å². The lowest BCUT2D eigenvalue weighted by Gasteiger charge is -2.35. The minimum absolute atomic E-state index is 0.0169. The van der Waals surface area contributed by atoms with Crippen LogP contribution in [0.4, 0.5) is 10.1 Å². The summed E-state index contributed by atoms with van der Waals surface area (Å²) in [6.45, 7) is -0.816. The molecule has 230 valence electrons. The molecule has 2 amide bonds. The van der Waals surface area contributed by atoms with E-state index in [0.29, 0.717) is 10.6 Å². The number of hydrogen-bond donors (Lipinski definition) is 1. The van der Waals surface area contributed by atoms with Crippen molar-refractivity contribution in [1.82, 2.24) is 14.5 Å². The van der Waals surface area contributed by atoms with E-state index >= 15 is 0 Å². The number of anilines is 1. The molecule has 4 rings (SSSR count). The first-order valence-electron chi connectivity index (χ1n) is 14.0. The molecule has 1 N–H and O–H groups in total. The summed E-state index contributed by atoms with van der Waals surface area (Å²) >= 11 is 12.4. The van der Waals surface area contributed by atoms with Crippen LogP contribution in [-0.4, -0.2) is 62.2 Å². The summed E-state index contributed by atoms with van der Waals surface area (Å²) in [6, 6.07) is 18.5. The normalized spacial score (nSPS) is 14.5. The predicted octanol–water partition coefficient (Wildman–Crippen LogP) is 5.44. The molecule has 12 heteroatoms. The lowest BCUT2D eigenvalue weighted by Crippen LogP contribution is -2.55. The van der Waals surface area contributed by atoms with Crippen molar-refractivity contribution in [3.63, 3.8) is 0 Å². The van der Waals surface area contributed by atoms with E-state index in [1.54, 1.807) is 18.2 Å². The van der Waals surface area contributed by atoms with Crippen molar-refractivity contribution >= 4 is 50.9 Å². The Balaban J connectivity index is 1.78. The zero-order valence-electron chi connectivity index (χ0n) is 24.0. The minimum atomic E-state index is -4.31. The van der Waals surface area contributed by atoms with Crippen LogP contribution in [0.3, 0.4) is 0 Å². The average Bonchev–Trinajstić information content (AvgIpc) is 3.49. The topological polar surface area (TPSA) is 90.0 Å². The molecule has 0 spiro atoms. The van der Waals surface area contributed by atoms with Gasteiger partial charge in [-0.3, -0.25) is 9.59 Å². The van der Waals surface area contributed by atoms with Crippen molar-refractivity contribution in [3.8, 4) is 0 Å². The third kappa shape index (κ3) is 8.26. The van der Waals surface area contributed by atoms with E-state index in [-0.39, 0.29) is 35.6 Å². The van der Waals surface area contributed by atoms with Gasteiger partial charge in [0.2, 0.25) is 11.8 Å². The number of halogens is 3. The fraction of sp³-hybridized carbons (Fsp3) is 0.355. The summed E-state index contributed by atoms with van der Waals surface area (Å²) in [5.74, 6) is -1.85. The molecule has 1 aliphatic rings. The number of nitrogens with one attached hydrogen (secondary N) is 1. The molecule has 0 radical (unpaired) electrons. The molecule has 0 aromatic heterocycles. The van der Waals surface area contributed by atoms with E-state index in [1.165, 1.54) is 37.2 Å². The van der Waals surface area contributed by atoms with Crippen LogP contribution in [0.1, 0.15) is 36.8 Å². The summed E-state index contributed by atoms with van der Waals surface area (Å²) in [5, 5.41) is 3.70. The molecule has 0 saturated heterocycles. The van der Waals surface area contributed by atoms with Crippen molar-refractivity contribution in [2.24, 2.45) is 0 Å². The van der Waals surface area contributed by atoms with E-state index in [1.807, 2.05) is 30.3 Å². The van der Waals surface area contributed by atoms with Gasteiger partial charge in [0, 0.05) is 33.1 Å². The van der Waals surface area contributed by atoms with E-state index in [9.17, 15) is 22.4 Å². The van der Waals surface area contributed by atoms with Crippen molar-refractivity contribution < 1.29 is 22.4 Å². The zero-order valence-corrected chi connectivity index (χ0v) is 26.4. The summed E-state index contributed by atoms with van der Waals surface area (Å²) in [7, 11) is -1.71. The van der Waals surface area contributed by atoms with E-state index in [2.05, 4.69) is 5.32 Å². The van der Waals surface area contributed by atoms with E-state index < -0.39 is 34.5 Å². The van der Waals surface area contributed by atoms with Gasteiger partial charge in [0.1, 0.15) is 18.4 Å². The molecule has 0 bridgehead atoms. The molecule has 1 aliphatic carbocycles. The number of amides is 2. The highest BCUT2D eigenvalue weighted by Gasteiger charge is 2.36. The fourth-order valence-electron chi connectivity index (χ4n) is 5.11. The lowest BCUT2D eigenvalue weighted by molar-refractivity contribution is -0.140. The standard InChI is InChI=1S/C31H35Cl2FN4O4S/c1-36(2)43(41,42)38(28-15-9-8-14-27(28)34)21-30(39)37(20-23-16-17-25(32)26(33)18-23)29(19-22-10-4-3-5-11-22)31(40)35-24-12-6-7-13-24/h3-5,8-11,14-18,24,29H,6-7,12-13,19-21H2,1-2H3,(H,35,40)/t29-/m1/s1. The second kappa shape index (κ2) is 14.5. The fourth-order valence-corrected chi connectivity index (χ4v) is 6.50. The molecule has 1 atom stereocenters. The summed E-state index contributed by atoms with van der Waals surface area (Å²) < 4.78 is 43.4. The highest BCUT2D eigenvalue weighted by molar-refractivity contribution is 7.90. The molecule has 3 aromatic rings. The Kier molecular flexibility index (Phi) is 11.1. The maximum absolute atomic E-state index is 15.0. The molecule has 1 saturated carbocycles. The van der Waals surface area contributed by atoms with Gasteiger partial charge in [0.05, 0.1) is 15.7 Å². The van der Waals surface area contributed by atoms with Crippen molar-refractivity contribution in [2.75, 3.05) is 24.9 Å². The molecule has 0 aliphatic heterocycles. The molecular formula is C31H35Cl2FN4O4S. The van der Waals surface area contributed by atoms with Crippen LogP contribution in [-0.2, 0) is 32.8 Å². The first kappa shape index (κ1) is 32.7. The summed E-state index contributed by atoms with van der Waals surface area (Å²) in [6.07, 6.45) is 3.85. The molecule has 43 heavy (non-hydrogen) atoms. The number of rotatable bonds is 12. The van der Waals surface area contributed by atoms with Gasteiger partial charge < -0.3 is 10.2 Å². The Labute approximate surface area is 262 Å². The number of carbonyl (C=O) groups excluding carboxylic acids is 2. The monoisotopic (exact) mass is 648 g/mol. The van der Waals surface area contributed by atoms with Crippen LogP contribution in [0.15, 0.2) is 72.8 Å². The average molecular weight is 650 g/mol. The van der Waals surface area contributed by atoms with Gasteiger partial charge in [0.15, 0.2) is 0 Å². The second-order valence-corrected chi connectivity index (χ2v) is 13.6. The number of carbonyl (C=O) groups is 2. The number of benzene rings is 3. The maximum Gasteiger partial charge on any atom is 0.304 e. The van der Waals surface area contributed by atoms with Crippen LogP contribution in [0.5, 0.6) is 0 Å². The van der Waals surface area contributed by atoms with Crippen LogP contribution in [0.2, 0.25) is 10.0 Å². The van der Waals surface area contributed by atoms with Crippen molar-refractivity contribution in [1.29, 1.82) is 0 Å². The SMILES string of the molecule is CN(C)S(=O)(=O)N(CC(=O)N(Cc1ccc(Cl)c(Cl)c1)[C@H](Cc1ccccc1)C(=O)NC1CCCC1)c1ccccc1F. The molecule has 3 aromatic carbocycles. The predicted molar refractivity (Wildman–Crippen MR) is 168 cm³/mol. The van der Waals surface area contributed by atoms with Crippen molar-refractivity contribution in [2.45, 2.75) is 50.7 Å². The number of hydrogen-bond acceptors (Lipinski definition) is 4. The van der Waals surface area contributed by atoms with Gasteiger partial charge in [-0.2, -0.15) is 12.7 Å². The van der Waals surface area contributed by atoms with Gasteiger partial charge in [-0.05, 0) is 48.2 Å². The summed E-state index contributed by atoms with van der Waals surface area (Å²) in [5.41, 5.74) is 1.12. The third-order valence-electron chi connectivity index (χ3n) is 7.45. The first-order chi connectivity index (χ1) is 20.5. The Hall–Kier alpha value is -3.18. The quantitative estimate of drug-likeness (QED) is 0.283. The van der Waals surface area contributed by atoms with Gasteiger partial charge in [-0.1, -0.05) is 84.6 Å². The Bertz CT molecular complexity index is 1540. The zero-order chi connectivity index (χ0) is 31.1. The summed E-state index contributed by atoms with van der Waals surface area (Å²) in [4.78, 5) is 29.5. The van der Waals surface area contributed by atoms with Gasteiger partial charge in [0.25, 0.3) is 0 Å². The van der Waals surface area contributed by atoms with Crippen molar-refractivity contribution in [3.05, 3.63) is 99.8 Å². The molecular weight excluding hydrogens is 614 g/mol. The minimum Gasteiger partial charge on any atom is -0.352 e. The Morgan fingerprint density at radius 1 is 0.930 bits per heavy atom. The number of nitrogens with zero attached hydrogens (tertiary/aromatic N) is 3. The smallest absolute Gasteiger partial charge is 0.304 e. The van der Waals surface area contributed by atoms with Crippen LogP contribution in [0, 0.1) is 5.82 Å². The second-order valence-electron chi connectivity index (χ2n) is 10.7. The highest BCUT2D eigenvalue weighted by atomic mass is 35.5. The third-order valence-corrected chi connectivity index (χ3v) is 9.99. The largest absolute Gasteiger partial charge is 0.352 e. The van der Waals surface area contributed by atoms with Gasteiger partial charge >= 0.3 is 10.2 Å². The van der Waals surface area contributed by atoms with Gasteiger partial charge in [-0.25, -0.2) is 8.70 Å². The lowest BCUT2D eigenvalue weighted by atomic mass is 10.0. The van der Waals surface area contributed by atoms with Crippen LogP contribution >= 0.6 is 23.2 Å². The van der Waals surface area contributed by atoms with Gasteiger partial charge in [-0.15, -0.1) is 0 Å². The number of para-hydroxylation sites is 1. The van der Waals surface area contributed by atoms with E-state index in [0.717, 1.165) is 45.9 Å².